The zero-order valence-electron chi connectivity index (χ0n) is 16.0. The Bertz CT molecular complexity index is 952. The lowest BCUT2D eigenvalue weighted by Crippen LogP contribution is -2.38. The minimum Gasteiger partial charge on any atom is -0.465 e. The van der Waals surface area contributed by atoms with E-state index < -0.39 is 54.6 Å². The lowest BCUT2D eigenvalue weighted by molar-refractivity contribution is -0.146. The fourth-order valence-corrected chi connectivity index (χ4v) is 4.46. The maximum atomic E-state index is 14.1. The Hall–Kier alpha value is -2.43. The van der Waals surface area contributed by atoms with Crippen LogP contribution in [-0.4, -0.2) is 33.4 Å². The van der Waals surface area contributed by atoms with Gasteiger partial charge >= 0.3 is 13.7 Å². The number of halogens is 5. The van der Waals surface area contributed by atoms with Crippen molar-refractivity contribution in [3.63, 3.8) is 0 Å². The van der Waals surface area contributed by atoms with E-state index in [0.29, 0.717) is 0 Å². The highest BCUT2D eigenvalue weighted by atomic mass is 31.2. The van der Waals surface area contributed by atoms with Gasteiger partial charge in [0, 0.05) is 0 Å². The molecular weight excluding hydrogens is 452 g/mol. The molecule has 13 heteroatoms. The molecule has 0 aliphatic heterocycles. The number of nitrogens with zero attached hydrogens (tertiary/aromatic N) is 1. The summed E-state index contributed by atoms with van der Waals surface area (Å²) in [7, 11) is -5.08. The molecule has 0 saturated carbocycles. The molecule has 1 unspecified atom stereocenters. The minimum absolute atomic E-state index is 0.0130. The van der Waals surface area contributed by atoms with E-state index in [9.17, 15) is 31.3 Å². The van der Waals surface area contributed by atoms with Crippen LogP contribution in [0.15, 0.2) is 30.3 Å². The van der Waals surface area contributed by atoms with Gasteiger partial charge in [-0.15, -0.1) is 0 Å². The summed E-state index contributed by atoms with van der Waals surface area (Å²) in [5.41, 5.74) is 0. The normalized spacial score (nSPS) is 14.3. The van der Waals surface area contributed by atoms with Gasteiger partial charge in [0.15, 0.2) is 0 Å². The zero-order valence-corrected chi connectivity index (χ0v) is 18.9. The van der Waals surface area contributed by atoms with Gasteiger partial charge in [-0.3, -0.25) is 4.79 Å². The second-order valence-corrected chi connectivity index (χ2v) is 9.51. The van der Waals surface area contributed by atoms with Crippen molar-refractivity contribution in [3.8, 4) is 11.5 Å². The summed E-state index contributed by atoms with van der Waals surface area (Å²) in [5.74, 6) is -14.4. The first kappa shape index (κ1) is 23.8. The molecule has 0 N–H and O–H groups in total. The number of rotatable bonds is 8. The number of para-hydroxylation sites is 1. The smallest absolute Gasteiger partial charge is 0.465 e. The molecule has 30 heavy (non-hydrogen) atoms. The maximum Gasteiger partial charge on any atom is 0.509 e. The van der Waals surface area contributed by atoms with Gasteiger partial charge in [0.2, 0.25) is 34.8 Å². The second kappa shape index (κ2) is 9.58. The quantitative estimate of drug-likeness (QED) is 0.147. The summed E-state index contributed by atoms with van der Waals surface area (Å²) in [5, 5.41) is 0. The first-order valence-electron chi connectivity index (χ1n) is 8.49. The van der Waals surface area contributed by atoms with Gasteiger partial charge in [-0.1, -0.05) is 18.2 Å². The van der Waals surface area contributed by atoms with Gasteiger partial charge < -0.3 is 13.8 Å². The molecule has 6 nitrogen and oxygen atoms in total. The van der Waals surface area contributed by atoms with Crippen LogP contribution in [-0.2, 0) is 14.1 Å². The van der Waals surface area contributed by atoms with Crippen LogP contribution in [0.2, 0.25) is 0 Å². The predicted octanol–water partition coefficient (Wildman–Crippen LogP) is 3.48. The highest BCUT2D eigenvalue weighted by Gasteiger charge is 2.43. The standard InChI is InChI=1S/C17H17F5NO5PSi/c1-3-26-17(24)9(2)23(30)29(25,27-10-7-5-4-6-8-10)28-16-14(21)12(19)11(18)13(20)15(16)22/h4-9H,3H2,1-2,30H3/t9-,29?/m0/s1. The van der Waals surface area contributed by atoms with Crippen molar-refractivity contribution < 1.29 is 45.1 Å². The van der Waals surface area contributed by atoms with E-state index in [0.717, 1.165) is 4.34 Å². The van der Waals surface area contributed by atoms with Crippen LogP contribution in [0.5, 0.6) is 11.5 Å². The van der Waals surface area contributed by atoms with Crippen molar-refractivity contribution in [1.82, 2.24) is 4.34 Å². The Kier molecular flexibility index (Phi) is 7.62. The molecule has 0 spiro atoms. The van der Waals surface area contributed by atoms with Crippen molar-refractivity contribution in [1.29, 1.82) is 0 Å². The molecule has 2 atom stereocenters. The SMILES string of the molecule is CCOC(=O)[C@H](C)N([SiH3])P(=O)(Oc1ccccc1)Oc1c(F)c(F)c(F)c(F)c1F. The van der Waals surface area contributed by atoms with Crippen LogP contribution < -0.4 is 9.05 Å². The fourth-order valence-electron chi connectivity index (χ4n) is 2.17. The molecule has 0 radical (unpaired) electrons. The van der Waals surface area contributed by atoms with Crippen molar-refractivity contribution in [2.45, 2.75) is 19.9 Å². The number of hydrogen-bond acceptors (Lipinski definition) is 5. The predicted molar refractivity (Wildman–Crippen MR) is 99.4 cm³/mol. The topological polar surface area (TPSA) is 65.1 Å². The lowest BCUT2D eigenvalue weighted by Gasteiger charge is -2.30. The molecule has 0 fully saturated rings. The Balaban J connectivity index is 2.55. The monoisotopic (exact) mass is 469 g/mol. The molecule has 2 aromatic rings. The molecule has 164 valence electrons. The fraction of sp³-hybridized carbons (Fsp3) is 0.235. The minimum atomic E-state index is -4.84. The summed E-state index contributed by atoms with van der Waals surface area (Å²) < 4.78 is 97.7. The average molecular weight is 469 g/mol. The molecule has 0 amide bonds. The van der Waals surface area contributed by atoms with Crippen LogP contribution in [0, 0.1) is 29.1 Å². The molecule has 0 saturated heterocycles. The van der Waals surface area contributed by atoms with Crippen molar-refractivity contribution >= 4 is 24.1 Å². The van der Waals surface area contributed by atoms with Gasteiger partial charge in [0.1, 0.15) is 11.8 Å². The number of benzene rings is 2. The van der Waals surface area contributed by atoms with Crippen molar-refractivity contribution in [2.75, 3.05) is 6.61 Å². The Morgan fingerprint density at radius 2 is 1.50 bits per heavy atom. The van der Waals surface area contributed by atoms with E-state index in [2.05, 4.69) is 0 Å². The van der Waals surface area contributed by atoms with Crippen LogP contribution in [0.25, 0.3) is 0 Å². The Morgan fingerprint density at radius 1 is 1.00 bits per heavy atom. The first-order chi connectivity index (χ1) is 14.0. The van der Waals surface area contributed by atoms with E-state index >= 15 is 0 Å². The van der Waals surface area contributed by atoms with E-state index in [-0.39, 0.29) is 22.8 Å². The van der Waals surface area contributed by atoms with Crippen LogP contribution in [0.1, 0.15) is 13.8 Å². The molecule has 0 aromatic heterocycles. The third-order valence-corrected chi connectivity index (χ3v) is 8.13. The average Bonchev–Trinajstić information content (AvgIpc) is 2.73. The van der Waals surface area contributed by atoms with Crippen molar-refractivity contribution in [3.05, 3.63) is 59.4 Å². The molecular formula is C17H17F5NO5PSi. The first-order valence-corrected chi connectivity index (χ1v) is 10.9. The summed E-state index contributed by atoms with van der Waals surface area (Å²) in [6, 6.07) is 5.90. The van der Waals surface area contributed by atoms with Crippen LogP contribution in [0.4, 0.5) is 22.0 Å². The molecule has 2 rings (SSSR count). The number of carbonyl (C=O) groups is 1. The van der Waals surface area contributed by atoms with Gasteiger partial charge in [-0.25, -0.2) is 22.1 Å². The Labute approximate surface area is 171 Å². The lowest BCUT2D eigenvalue weighted by atomic mass is 10.3. The van der Waals surface area contributed by atoms with E-state index in [1.807, 2.05) is 0 Å². The largest absolute Gasteiger partial charge is 0.509 e. The third kappa shape index (κ3) is 4.82. The zero-order chi connectivity index (χ0) is 22.6. The molecule has 2 aromatic carbocycles. The summed E-state index contributed by atoms with van der Waals surface area (Å²) in [4.78, 5) is 12.0. The number of carbonyl (C=O) groups excluding carboxylic acids is 1. The third-order valence-electron chi connectivity index (χ3n) is 3.91. The van der Waals surface area contributed by atoms with Crippen molar-refractivity contribution in [2.24, 2.45) is 0 Å². The summed E-state index contributed by atoms with van der Waals surface area (Å²) in [6.07, 6.45) is 0. The van der Waals surface area contributed by atoms with E-state index in [4.69, 9.17) is 13.8 Å². The van der Waals surface area contributed by atoms with Gasteiger partial charge in [0.05, 0.1) is 17.0 Å². The van der Waals surface area contributed by atoms with Gasteiger partial charge in [-0.05, 0) is 26.0 Å². The summed E-state index contributed by atoms with van der Waals surface area (Å²) in [6.45, 7) is 2.77. The van der Waals surface area contributed by atoms with Crippen LogP contribution in [0.3, 0.4) is 0 Å². The van der Waals surface area contributed by atoms with E-state index in [1.54, 1.807) is 6.07 Å². The maximum absolute atomic E-state index is 14.1. The second-order valence-electron chi connectivity index (χ2n) is 5.86. The molecule has 0 heterocycles. The summed E-state index contributed by atoms with van der Waals surface area (Å²) >= 11 is 0. The molecule has 0 aliphatic rings. The molecule has 0 aliphatic carbocycles. The number of hydrogen-bond donors (Lipinski definition) is 0. The molecule has 0 bridgehead atoms. The highest BCUT2D eigenvalue weighted by molar-refractivity contribution is 7.53. The number of esters is 1. The van der Waals surface area contributed by atoms with E-state index in [1.165, 1.54) is 38.1 Å². The number of ether oxygens (including phenoxy) is 1. The van der Waals surface area contributed by atoms with Gasteiger partial charge in [-0.2, -0.15) is 8.78 Å². The highest BCUT2D eigenvalue weighted by Crippen LogP contribution is 2.53. The van der Waals surface area contributed by atoms with Crippen LogP contribution >= 0.6 is 7.75 Å². The van der Waals surface area contributed by atoms with Gasteiger partial charge in [0.25, 0.3) is 0 Å². The Morgan fingerprint density at radius 3 is 2.00 bits per heavy atom.